The Kier molecular flexibility index (Phi) is 7.49. The van der Waals surface area contributed by atoms with E-state index >= 15 is 0 Å². The summed E-state index contributed by atoms with van der Waals surface area (Å²) >= 11 is 0. The number of carbonyl (C=O) groups is 2. The number of likely N-dealkylation sites (tertiary alicyclic amines) is 1. The molecule has 0 aromatic heterocycles. The number of nitrogens with one attached hydrogen (secondary N) is 1. The number of benzene rings is 1. The molecule has 1 atom stereocenters. The van der Waals surface area contributed by atoms with Gasteiger partial charge in [0.2, 0.25) is 5.91 Å². The van der Waals surface area contributed by atoms with Gasteiger partial charge in [0.1, 0.15) is 0 Å². The normalized spacial score (nSPS) is 16.9. The van der Waals surface area contributed by atoms with Crippen LogP contribution in [-0.4, -0.2) is 35.8 Å². The number of halogens is 3. The van der Waals surface area contributed by atoms with Gasteiger partial charge in [-0.15, -0.1) is 0 Å². The Morgan fingerprint density at radius 1 is 1.07 bits per heavy atom. The van der Waals surface area contributed by atoms with Gasteiger partial charge in [0.25, 0.3) is 5.91 Å². The molecule has 0 spiro atoms. The number of hydrogen-bond acceptors (Lipinski definition) is 2. The maximum absolute atomic E-state index is 12.6. The lowest BCUT2D eigenvalue weighted by Gasteiger charge is -2.32. The Labute approximate surface area is 164 Å². The van der Waals surface area contributed by atoms with Crippen molar-refractivity contribution >= 4 is 11.8 Å². The maximum atomic E-state index is 12.6. The summed E-state index contributed by atoms with van der Waals surface area (Å²) in [5.41, 5.74) is -0.538. The van der Waals surface area contributed by atoms with Crippen LogP contribution in [0, 0.1) is 11.8 Å². The molecule has 0 bridgehead atoms. The van der Waals surface area contributed by atoms with Gasteiger partial charge in [-0.25, -0.2) is 0 Å². The first kappa shape index (κ1) is 22.2. The van der Waals surface area contributed by atoms with E-state index in [1.165, 1.54) is 12.1 Å². The van der Waals surface area contributed by atoms with Crippen molar-refractivity contribution in [2.75, 3.05) is 13.1 Å². The van der Waals surface area contributed by atoms with Gasteiger partial charge in [-0.2, -0.15) is 13.2 Å². The maximum Gasteiger partial charge on any atom is 0.416 e. The summed E-state index contributed by atoms with van der Waals surface area (Å²) in [5.74, 6) is 0.202. The van der Waals surface area contributed by atoms with Gasteiger partial charge < -0.3 is 10.2 Å². The van der Waals surface area contributed by atoms with E-state index in [-0.39, 0.29) is 29.3 Å². The van der Waals surface area contributed by atoms with E-state index in [2.05, 4.69) is 19.2 Å². The summed E-state index contributed by atoms with van der Waals surface area (Å²) in [5, 5.41) is 3.05. The van der Waals surface area contributed by atoms with Crippen LogP contribution in [0.25, 0.3) is 0 Å². The summed E-state index contributed by atoms with van der Waals surface area (Å²) in [4.78, 5) is 26.5. The second-order valence-electron chi connectivity index (χ2n) is 8.02. The number of rotatable bonds is 6. The van der Waals surface area contributed by atoms with Crippen molar-refractivity contribution in [3.8, 4) is 0 Å². The van der Waals surface area contributed by atoms with Gasteiger partial charge in [0, 0.05) is 30.6 Å². The second-order valence-corrected chi connectivity index (χ2v) is 8.02. The fraction of sp³-hybridized carbons (Fsp3) is 0.619. The van der Waals surface area contributed by atoms with Crippen molar-refractivity contribution in [3.63, 3.8) is 0 Å². The van der Waals surface area contributed by atoms with Crippen molar-refractivity contribution in [2.24, 2.45) is 11.8 Å². The molecule has 7 heteroatoms. The minimum Gasteiger partial charge on any atom is -0.353 e. The van der Waals surface area contributed by atoms with Crippen LogP contribution < -0.4 is 5.32 Å². The molecular formula is C21H29F3N2O2. The Morgan fingerprint density at radius 2 is 1.64 bits per heavy atom. The zero-order valence-electron chi connectivity index (χ0n) is 16.7. The number of nitrogens with zero attached hydrogens (tertiary/aromatic N) is 1. The highest BCUT2D eigenvalue weighted by Crippen LogP contribution is 2.29. The van der Waals surface area contributed by atoms with E-state index < -0.39 is 11.7 Å². The predicted molar refractivity (Wildman–Crippen MR) is 102 cm³/mol. The van der Waals surface area contributed by atoms with Gasteiger partial charge in [-0.3, -0.25) is 9.59 Å². The quantitative estimate of drug-likeness (QED) is 0.767. The van der Waals surface area contributed by atoms with Gasteiger partial charge in [0.15, 0.2) is 0 Å². The number of piperidine rings is 1. The Bertz CT molecular complexity index is 663. The third-order valence-corrected chi connectivity index (χ3v) is 5.18. The highest BCUT2D eigenvalue weighted by atomic mass is 19.4. The van der Waals surface area contributed by atoms with E-state index in [9.17, 15) is 22.8 Å². The first-order chi connectivity index (χ1) is 13.1. The predicted octanol–water partition coefficient (Wildman–Crippen LogP) is 4.50. The molecule has 0 radical (unpaired) electrons. The molecular weight excluding hydrogens is 369 g/mol. The van der Waals surface area contributed by atoms with Crippen molar-refractivity contribution in [3.05, 3.63) is 35.4 Å². The zero-order valence-corrected chi connectivity index (χ0v) is 16.7. The third kappa shape index (κ3) is 6.24. The lowest BCUT2D eigenvalue weighted by Crippen LogP contribution is -2.44. The topological polar surface area (TPSA) is 49.4 Å². The van der Waals surface area contributed by atoms with E-state index in [1.807, 2.05) is 6.92 Å². The highest BCUT2D eigenvalue weighted by Gasteiger charge is 2.31. The van der Waals surface area contributed by atoms with Gasteiger partial charge in [-0.1, -0.05) is 13.8 Å². The summed E-state index contributed by atoms with van der Waals surface area (Å²) < 4.78 is 37.9. The van der Waals surface area contributed by atoms with Crippen molar-refractivity contribution < 1.29 is 22.8 Å². The van der Waals surface area contributed by atoms with E-state index in [4.69, 9.17) is 0 Å². The lowest BCUT2D eigenvalue weighted by molar-refractivity contribution is -0.137. The molecule has 2 rings (SSSR count). The minimum atomic E-state index is -4.42. The average molecular weight is 398 g/mol. The van der Waals surface area contributed by atoms with Crippen molar-refractivity contribution in [1.82, 2.24) is 10.2 Å². The van der Waals surface area contributed by atoms with Crippen LogP contribution in [-0.2, 0) is 11.0 Å². The van der Waals surface area contributed by atoms with Crippen LogP contribution in [0.5, 0.6) is 0 Å². The first-order valence-electron chi connectivity index (χ1n) is 9.85. The lowest BCUT2D eigenvalue weighted by atomic mass is 9.94. The van der Waals surface area contributed by atoms with Crippen molar-refractivity contribution in [1.29, 1.82) is 0 Å². The highest BCUT2D eigenvalue weighted by molar-refractivity contribution is 5.94. The largest absolute Gasteiger partial charge is 0.416 e. The van der Waals surface area contributed by atoms with Crippen LogP contribution in [0.4, 0.5) is 13.2 Å². The molecule has 1 aliphatic heterocycles. The van der Waals surface area contributed by atoms with E-state index in [0.717, 1.165) is 25.0 Å². The monoisotopic (exact) mass is 398 g/mol. The summed E-state index contributed by atoms with van der Waals surface area (Å²) in [6, 6.07) is 4.39. The molecule has 0 unspecified atom stereocenters. The molecule has 1 N–H and O–H groups in total. The van der Waals surface area contributed by atoms with Gasteiger partial charge in [-0.05, 0) is 62.8 Å². The Hall–Kier alpha value is -2.05. The standard InChI is InChI=1S/C21H29F3N2O2/c1-14(2)4-5-15(3)25-19(27)16-10-12-26(13-11-16)20(28)17-6-8-18(9-7-17)21(22,23)24/h6-9,14-16H,4-5,10-13H2,1-3H3,(H,25,27)/t15-/m1/s1. The molecule has 1 aliphatic rings. The van der Waals surface area contributed by atoms with Crippen LogP contribution in [0.1, 0.15) is 62.4 Å². The molecule has 1 aromatic rings. The van der Waals surface area contributed by atoms with E-state index in [1.54, 1.807) is 4.90 Å². The fourth-order valence-electron chi connectivity index (χ4n) is 3.35. The number of hydrogen-bond donors (Lipinski definition) is 1. The number of amides is 2. The number of carbonyl (C=O) groups excluding carboxylic acids is 2. The summed E-state index contributed by atoms with van der Waals surface area (Å²) in [6.45, 7) is 7.16. The molecule has 0 aliphatic carbocycles. The summed E-state index contributed by atoms with van der Waals surface area (Å²) in [6.07, 6.45) is -1.29. The fourth-order valence-corrected chi connectivity index (χ4v) is 3.35. The zero-order chi connectivity index (χ0) is 20.9. The van der Waals surface area contributed by atoms with E-state index in [0.29, 0.717) is 31.8 Å². The SMILES string of the molecule is CC(C)CC[C@@H](C)NC(=O)C1CCN(C(=O)c2ccc(C(F)(F)F)cc2)CC1. The van der Waals surface area contributed by atoms with Crippen LogP contribution in [0.2, 0.25) is 0 Å². The smallest absolute Gasteiger partial charge is 0.353 e. The summed E-state index contributed by atoms with van der Waals surface area (Å²) in [7, 11) is 0. The van der Waals surface area contributed by atoms with Crippen molar-refractivity contribution in [2.45, 2.75) is 58.7 Å². The molecule has 156 valence electrons. The molecule has 1 heterocycles. The van der Waals surface area contributed by atoms with Gasteiger partial charge >= 0.3 is 6.18 Å². The number of alkyl halides is 3. The van der Waals surface area contributed by atoms with Crippen LogP contribution >= 0.6 is 0 Å². The molecule has 1 aromatic carbocycles. The average Bonchev–Trinajstić information content (AvgIpc) is 2.65. The molecule has 4 nitrogen and oxygen atoms in total. The molecule has 1 fully saturated rings. The van der Waals surface area contributed by atoms with Crippen LogP contribution in [0.15, 0.2) is 24.3 Å². The molecule has 1 saturated heterocycles. The third-order valence-electron chi connectivity index (χ3n) is 5.18. The second kappa shape index (κ2) is 9.43. The Morgan fingerprint density at radius 3 is 2.14 bits per heavy atom. The molecule has 2 amide bonds. The van der Waals surface area contributed by atoms with Crippen LogP contribution in [0.3, 0.4) is 0 Å². The first-order valence-corrected chi connectivity index (χ1v) is 9.85. The minimum absolute atomic E-state index is 0.0258. The van der Waals surface area contributed by atoms with Gasteiger partial charge in [0.05, 0.1) is 5.56 Å². The molecule has 28 heavy (non-hydrogen) atoms. The Balaban J connectivity index is 1.84. The molecule has 0 saturated carbocycles.